The van der Waals surface area contributed by atoms with E-state index in [0.29, 0.717) is 16.8 Å². The highest BCUT2D eigenvalue weighted by Crippen LogP contribution is 2.47. The van der Waals surface area contributed by atoms with Gasteiger partial charge in [0, 0.05) is 6.04 Å². The molecule has 0 heterocycles. The minimum absolute atomic E-state index is 0.142. The van der Waals surface area contributed by atoms with Crippen molar-refractivity contribution in [2.24, 2.45) is 0 Å². The van der Waals surface area contributed by atoms with Gasteiger partial charge in [-0.05, 0) is 53.2 Å². The standard InChI is InChI=1S/C29H26NO4PS2/c1-22-13-19-27(20-14-22)37(32,33)30-28(23-15-17-24(18-16-23)29(31)34-2)21-35(36,25-9-5-3-6-10-25)26-11-7-4-8-12-26/h3-21,30H,1-2H3/b28-21+. The zero-order valence-electron chi connectivity index (χ0n) is 20.4. The smallest absolute Gasteiger partial charge is 0.337 e. The summed E-state index contributed by atoms with van der Waals surface area (Å²) >= 11 is 6.35. The molecule has 1 N–H and O–H groups in total. The third-order valence-corrected chi connectivity index (χ3v) is 11.5. The van der Waals surface area contributed by atoms with Crippen LogP contribution in [0.5, 0.6) is 0 Å². The number of rotatable bonds is 8. The van der Waals surface area contributed by atoms with Gasteiger partial charge in [0.15, 0.2) is 0 Å². The number of methoxy groups -OCH3 is 1. The van der Waals surface area contributed by atoms with Crippen LogP contribution in [0.2, 0.25) is 0 Å². The maximum Gasteiger partial charge on any atom is 0.337 e. The van der Waals surface area contributed by atoms with E-state index < -0.39 is 22.0 Å². The molecule has 0 atom stereocenters. The third kappa shape index (κ3) is 6.08. The molecular formula is C29H26NO4PS2. The molecule has 37 heavy (non-hydrogen) atoms. The summed E-state index contributed by atoms with van der Waals surface area (Å²) in [6, 6.07) is 30.0. The topological polar surface area (TPSA) is 72.5 Å². The molecule has 4 aromatic rings. The lowest BCUT2D eigenvalue weighted by Crippen LogP contribution is -2.24. The predicted octanol–water partition coefficient (Wildman–Crippen LogP) is 5.19. The number of esters is 1. The Labute approximate surface area is 222 Å². The summed E-state index contributed by atoms with van der Waals surface area (Å²) in [5, 5.41) is 1.85. The molecule has 0 aliphatic carbocycles. The van der Waals surface area contributed by atoms with Gasteiger partial charge in [0.1, 0.15) is 0 Å². The van der Waals surface area contributed by atoms with Gasteiger partial charge in [0.2, 0.25) is 0 Å². The number of benzene rings is 4. The van der Waals surface area contributed by atoms with Crippen LogP contribution in [0.1, 0.15) is 21.5 Å². The van der Waals surface area contributed by atoms with Gasteiger partial charge in [0.05, 0.1) is 23.3 Å². The summed E-state index contributed by atoms with van der Waals surface area (Å²) < 4.78 is 34.5. The van der Waals surface area contributed by atoms with Crippen LogP contribution in [0, 0.1) is 6.92 Å². The Morgan fingerprint density at radius 2 is 1.27 bits per heavy atom. The lowest BCUT2D eigenvalue weighted by atomic mass is 10.1. The summed E-state index contributed by atoms with van der Waals surface area (Å²) in [7, 11) is -2.62. The molecule has 0 saturated heterocycles. The summed E-state index contributed by atoms with van der Waals surface area (Å²) in [6.07, 6.45) is 0. The fraction of sp³-hybridized carbons (Fsp3) is 0.0690. The van der Waals surface area contributed by atoms with Gasteiger partial charge in [-0.1, -0.05) is 102 Å². The predicted molar refractivity (Wildman–Crippen MR) is 154 cm³/mol. The zero-order valence-corrected chi connectivity index (χ0v) is 22.9. The third-order valence-electron chi connectivity index (χ3n) is 5.78. The van der Waals surface area contributed by atoms with Crippen molar-refractivity contribution in [1.82, 2.24) is 4.72 Å². The van der Waals surface area contributed by atoms with Gasteiger partial charge in [-0.15, -0.1) is 0 Å². The highest BCUT2D eigenvalue weighted by molar-refractivity contribution is 8.23. The van der Waals surface area contributed by atoms with Gasteiger partial charge >= 0.3 is 5.97 Å². The Kier molecular flexibility index (Phi) is 8.08. The van der Waals surface area contributed by atoms with Crippen LogP contribution in [0.4, 0.5) is 0 Å². The second-order valence-corrected chi connectivity index (χ2v) is 14.4. The van der Waals surface area contributed by atoms with Crippen molar-refractivity contribution in [3.05, 3.63) is 132 Å². The van der Waals surface area contributed by atoms with Gasteiger partial charge < -0.3 is 4.74 Å². The molecular weight excluding hydrogens is 521 g/mol. The van der Waals surface area contributed by atoms with Crippen molar-refractivity contribution < 1.29 is 17.9 Å². The van der Waals surface area contributed by atoms with E-state index in [2.05, 4.69) is 4.72 Å². The molecule has 4 rings (SSSR count). The van der Waals surface area contributed by atoms with Crippen molar-refractivity contribution in [3.63, 3.8) is 0 Å². The van der Waals surface area contributed by atoms with Crippen LogP contribution in [-0.2, 0) is 26.6 Å². The van der Waals surface area contributed by atoms with Crippen LogP contribution < -0.4 is 15.3 Å². The van der Waals surface area contributed by atoms with Crippen LogP contribution in [0.3, 0.4) is 0 Å². The molecule has 8 heteroatoms. The average molecular weight is 548 g/mol. The fourth-order valence-corrected chi connectivity index (χ4v) is 8.38. The second kappa shape index (κ2) is 11.3. The Bertz CT molecular complexity index is 1520. The maximum atomic E-state index is 13.5. The molecule has 0 saturated carbocycles. The number of carbonyl (C=O) groups is 1. The molecule has 4 aromatic carbocycles. The van der Waals surface area contributed by atoms with Crippen molar-refractivity contribution in [3.8, 4) is 0 Å². The lowest BCUT2D eigenvalue weighted by molar-refractivity contribution is 0.0600. The number of aryl methyl sites for hydroxylation is 1. The van der Waals surface area contributed by atoms with Crippen molar-refractivity contribution in [2.45, 2.75) is 11.8 Å². The van der Waals surface area contributed by atoms with Gasteiger partial charge in [-0.3, -0.25) is 4.72 Å². The average Bonchev–Trinajstić information content (AvgIpc) is 2.93. The van der Waals surface area contributed by atoms with E-state index in [9.17, 15) is 13.2 Å². The number of ether oxygens (including phenoxy) is 1. The van der Waals surface area contributed by atoms with Crippen LogP contribution in [0.25, 0.3) is 5.70 Å². The SMILES string of the molecule is COC(=O)c1ccc(/C(=C\P(=S)(c2ccccc2)c2ccccc2)NS(=O)(=O)c2ccc(C)cc2)cc1. The summed E-state index contributed by atoms with van der Waals surface area (Å²) in [4.78, 5) is 12.1. The van der Waals surface area contributed by atoms with E-state index in [1.165, 1.54) is 7.11 Å². The fourth-order valence-electron chi connectivity index (χ4n) is 3.76. The molecule has 188 valence electrons. The number of nitrogens with one attached hydrogen (secondary N) is 1. The van der Waals surface area contributed by atoms with E-state index in [1.54, 1.807) is 48.5 Å². The minimum atomic E-state index is -3.93. The second-order valence-electron chi connectivity index (χ2n) is 8.36. The molecule has 0 unspecified atom stereocenters. The first-order valence-corrected chi connectivity index (χ1v) is 15.8. The van der Waals surface area contributed by atoms with E-state index in [4.69, 9.17) is 16.5 Å². The molecule has 0 bridgehead atoms. The molecule has 0 aromatic heterocycles. The number of hydrogen-bond donors (Lipinski definition) is 1. The van der Waals surface area contributed by atoms with E-state index >= 15 is 0 Å². The highest BCUT2D eigenvalue weighted by atomic mass is 32.4. The molecule has 0 fully saturated rings. The first-order chi connectivity index (χ1) is 17.7. The Hall–Kier alpha value is -3.51. The summed E-state index contributed by atoms with van der Waals surface area (Å²) in [5.41, 5.74) is 2.23. The van der Waals surface area contributed by atoms with Crippen molar-refractivity contribution in [2.75, 3.05) is 7.11 Å². The summed E-state index contributed by atoms with van der Waals surface area (Å²) in [6.45, 7) is 1.90. The van der Waals surface area contributed by atoms with Gasteiger partial charge in [0.25, 0.3) is 10.0 Å². The molecule has 0 amide bonds. The van der Waals surface area contributed by atoms with Crippen LogP contribution in [0.15, 0.2) is 120 Å². The lowest BCUT2D eigenvalue weighted by Gasteiger charge is -2.22. The Morgan fingerprint density at radius 3 is 1.76 bits per heavy atom. The maximum absolute atomic E-state index is 13.5. The van der Waals surface area contributed by atoms with Crippen LogP contribution in [-0.4, -0.2) is 21.5 Å². The number of hydrogen-bond acceptors (Lipinski definition) is 5. The number of carbonyl (C=O) groups excluding carboxylic acids is 1. The normalized spacial score (nSPS) is 12.1. The molecule has 0 aliphatic heterocycles. The zero-order chi connectivity index (χ0) is 26.5. The molecule has 0 radical (unpaired) electrons. The minimum Gasteiger partial charge on any atom is -0.465 e. The molecule has 5 nitrogen and oxygen atoms in total. The van der Waals surface area contributed by atoms with Crippen molar-refractivity contribution >= 4 is 50.1 Å². The van der Waals surface area contributed by atoms with Crippen molar-refractivity contribution in [1.29, 1.82) is 0 Å². The first kappa shape index (κ1) is 26.6. The Balaban J connectivity index is 1.91. The summed E-state index contributed by atoms with van der Waals surface area (Å²) in [5.74, 6) is 1.38. The van der Waals surface area contributed by atoms with E-state index in [1.807, 2.05) is 73.4 Å². The van der Waals surface area contributed by atoms with Gasteiger partial charge in [-0.2, -0.15) is 0 Å². The molecule has 0 spiro atoms. The monoisotopic (exact) mass is 547 g/mol. The first-order valence-electron chi connectivity index (χ1n) is 11.4. The quantitative estimate of drug-likeness (QED) is 0.243. The Morgan fingerprint density at radius 1 is 0.784 bits per heavy atom. The van der Waals surface area contributed by atoms with E-state index in [-0.39, 0.29) is 4.90 Å². The number of sulfonamides is 1. The van der Waals surface area contributed by atoms with Gasteiger partial charge in [-0.25, -0.2) is 13.2 Å². The largest absolute Gasteiger partial charge is 0.465 e. The van der Waals surface area contributed by atoms with Crippen LogP contribution >= 0.6 is 6.04 Å². The van der Waals surface area contributed by atoms with E-state index in [0.717, 1.165) is 16.2 Å². The molecule has 0 aliphatic rings. The highest BCUT2D eigenvalue weighted by Gasteiger charge is 2.24.